The third-order valence-corrected chi connectivity index (χ3v) is 1.57. The number of aliphatic carboxylic acids is 1. The first-order valence-corrected chi connectivity index (χ1v) is 3.83. The van der Waals surface area contributed by atoms with Gasteiger partial charge in [-0.3, -0.25) is 0 Å². The van der Waals surface area contributed by atoms with Gasteiger partial charge in [0, 0.05) is 7.11 Å². The van der Waals surface area contributed by atoms with Crippen molar-refractivity contribution in [3.63, 3.8) is 0 Å². The summed E-state index contributed by atoms with van der Waals surface area (Å²) in [6.45, 7) is 4.13. The van der Waals surface area contributed by atoms with Crippen LogP contribution in [-0.4, -0.2) is 24.3 Å². The Kier molecular flexibility index (Phi) is 4.86. The molecule has 3 heteroatoms. The Morgan fingerprint density at radius 1 is 1.45 bits per heavy atom. The molecule has 0 aromatic carbocycles. The normalized spacial score (nSPS) is 13.5. The second-order valence-electron chi connectivity index (χ2n) is 3.03. The number of methoxy groups -OCH3 is 1. The molecule has 3 nitrogen and oxygen atoms in total. The lowest BCUT2D eigenvalue weighted by atomic mass is 10.1. The monoisotopic (exact) mass is 160 g/mol. The summed E-state index contributed by atoms with van der Waals surface area (Å²) in [6, 6.07) is 0. The van der Waals surface area contributed by atoms with Gasteiger partial charge in [0.1, 0.15) is 0 Å². The van der Waals surface area contributed by atoms with Gasteiger partial charge in [0.05, 0.1) is 0 Å². The highest BCUT2D eigenvalue weighted by Crippen LogP contribution is 2.08. The molecule has 11 heavy (non-hydrogen) atoms. The number of hydrogen-bond acceptors (Lipinski definition) is 2. The fraction of sp³-hybridized carbons (Fsp3) is 0.875. The first-order valence-electron chi connectivity index (χ1n) is 3.83. The van der Waals surface area contributed by atoms with Crippen LogP contribution < -0.4 is 0 Å². The molecule has 0 saturated carbocycles. The third-order valence-electron chi connectivity index (χ3n) is 1.57. The molecule has 0 fully saturated rings. The minimum Gasteiger partial charge on any atom is -0.479 e. The predicted molar refractivity (Wildman–Crippen MR) is 42.5 cm³/mol. The van der Waals surface area contributed by atoms with Crippen molar-refractivity contribution in [1.29, 1.82) is 0 Å². The number of hydrogen-bond donors (Lipinski definition) is 1. The van der Waals surface area contributed by atoms with E-state index < -0.39 is 12.1 Å². The number of carbonyl (C=O) groups is 1. The van der Waals surface area contributed by atoms with Gasteiger partial charge in [-0.15, -0.1) is 0 Å². The maximum Gasteiger partial charge on any atom is 0.332 e. The van der Waals surface area contributed by atoms with Gasteiger partial charge in [0.2, 0.25) is 0 Å². The molecule has 0 aliphatic rings. The van der Waals surface area contributed by atoms with E-state index in [1.165, 1.54) is 7.11 Å². The van der Waals surface area contributed by atoms with Crippen molar-refractivity contribution in [3.05, 3.63) is 0 Å². The van der Waals surface area contributed by atoms with Gasteiger partial charge in [-0.25, -0.2) is 4.79 Å². The molecule has 0 radical (unpaired) electrons. The maximum atomic E-state index is 10.4. The number of rotatable bonds is 5. The summed E-state index contributed by atoms with van der Waals surface area (Å²) in [5, 5.41) is 8.56. The zero-order valence-corrected chi connectivity index (χ0v) is 7.33. The molecule has 1 atom stereocenters. The average molecular weight is 160 g/mol. The smallest absolute Gasteiger partial charge is 0.332 e. The predicted octanol–water partition coefficient (Wildman–Crippen LogP) is 1.52. The summed E-state index contributed by atoms with van der Waals surface area (Å²) >= 11 is 0. The summed E-state index contributed by atoms with van der Waals surface area (Å²) < 4.78 is 4.76. The third kappa shape index (κ3) is 4.79. The molecular weight excluding hydrogens is 144 g/mol. The van der Waals surface area contributed by atoms with E-state index in [4.69, 9.17) is 9.84 Å². The molecule has 0 aliphatic heterocycles. The molecular formula is C8H16O3. The fourth-order valence-electron chi connectivity index (χ4n) is 0.827. The first-order chi connectivity index (χ1) is 5.07. The van der Waals surface area contributed by atoms with Crippen LogP contribution in [0.3, 0.4) is 0 Å². The van der Waals surface area contributed by atoms with Crippen LogP contribution >= 0.6 is 0 Å². The molecule has 1 N–H and O–H groups in total. The molecule has 0 aliphatic carbocycles. The summed E-state index contributed by atoms with van der Waals surface area (Å²) in [4.78, 5) is 10.4. The standard InChI is InChI=1S/C8H16O3/c1-6(2)4-5-7(11-3)8(9)10/h6-7H,4-5H2,1-3H3,(H,9,10)/t7-/m0/s1. The van der Waals surface area contributed by atoms with E-state index in [1.54, 1.807) is 0 Å². The van der Waals surface area contributed by atoms with Crippen LogP contribution in [0, 0.1) is 5.92 Å². The van der Waals surface area contributed by atoms with Crippen molar-refractivity contribution in [2.45, 2.75) is 32.8 Å². The minimum atomic E-state index is -0.867. The van der Waals surface area contributed by atoms with E-state index in [0.717, 1.165) is 6.42 Å². The minimum absolute atomic E-state index is 0.534. The molecule has 0 aromatic heterocycles. The van der Waals surface area contributed by atoms with Crippen LogP contribution in [0.1, 0.15) is 26.7 Å². The Morgan fingerprint density at radius 3 is 2.27 bits per heavy atom. The lowest BCUT2D eigenvalue weighted by molar-refractivity contribution is -0.149. The quantitative estimate of drug-likeness (QED) is 0.663. The SMILES string of the molecule is CO[C@@H](CCC(C)C)C(=O)O. The van der Waals surface area contributed by atoms with Crippen LogP contribution in [0.15, 0.2) is 0 Å². The van der Waals surface area contributed by atoms with E-state index in [2.05, 4.69) is 13.8 Å². The summed E-state index contributed by atoms with van der Waals surface area (Å²) in [7, 11) is 1.43. The molecule has 0 rings (SSSR count). The van der Waals surface area contributed by atoms with Crippen LogP contribution in [0.5, 0.6) is 0 Å². The van der Waals surface area contributed by atoms with Crippen molar-refractivity contribution in [3.8, 4) is 0 Å². The molecule has 0 heterocycles. The number of carboxylic acids is 1. The van der Waals surface area contributed by atoms with Gasteiger partial charge in [-0.2, -0.15) is 0 Å². The second-order valence-corrected chi connectivity index (χ2v) is 3.03. The maximum absolute atomic E-state index is 10.4. The largest absolute Gasteiger partial charge is 0.479 e. The Bertz CT molecular complexity index is 121. The van der Waals surface area contributed by atoms with Crippen LogP contribution in [-0.2, 0) is 9.53 Å². The van der Waals surface area contributed by atoms with E-state index in [9.17, 15) is 4.79 Å². The van der Waals surface area contributed by atoms with Crippen molar-refractivity contribution < 1.29 is 14.6 Å². The summed E-state index contributed by atoms with van der Waals surface area (Å²) in [5.41, 5.74) is 0. The van der Waals surface area contributed by atoms with Gasteiger partial charge in [-0.1, -0.05) is 13.8 Å². The zero-order valence-electron chi connectivity index (χ0n) is 7.33. The van der Waals surface area contributed by atoms with E-state index >= 15 is 0 Å². The van der Waals surface area contributed by atoms with Gasteiger partial charge < -0.3 is 9.84 Å². The Hall–Kier alpha value is -0.570. The molecule has 0 saturated heterocycles. The van der Waals surface area contributed by atoms with E-state index in [1.807, 2.05) is 0 Å². The van der Waals surface area contributed by atoms with Crippen molar-refractivity contribution >= 4 is 5.97 Å². The number of ether oxygens (including phenoxy) is 1. The van der Waals surface area contributed by atoms with Gasteiger partial charge in [0.25, 0.3) is 0 Å². The molecule has 0 bridgehead atoms. The van der Waals surface area contributed by atoms with Crippen molar-refractivity contribution in [2.75, 3.05) is 7.11 Å². The molecule has 0 aromatic rings. The van der Waals surface area contributed by atoms with Gasteiger partial charge in [0.15, 0.2) is 6.10 Å². The van der Waals surface area contributed by atoms with Gasteiger partial charge in [-0.05, 0) is 18.8 Å². The Labute approximate surface area is 67.4 Å². The number of carboxylic acid groups (broad SMARTS) is 1. The highest BCUT2D eigenvalue weighted by Gasteiger charge is 2.15. The topological polar surface area (TPSA) is 46.5 Å². The highest BCUT2D eigenvalue weighted by atomic mass is 16.5. The van der Waals surface area contributed by atoms with E-state index in [0.29, 0.717) is 12.3 Å². The first kappa shape index (κ1) is 10.4. The lowest BCUT2D eigenvalue weighted by Gasteiger charge is -2.10. The molecule has 0 spiro atoms. The van der Waals surface area contributed by atoms with Crippen LogP contribution in [0.25, 0.3) is 0 Å². The van der Waals surface area contributed by atoms with Gasteiger partial charge >= 0.3 is 5.97 Å². The van der Waals surface area contributed by atoms with Crippen LogP contribution in [0.4, 0.5) is 0 Å². The summed E-state index contributed by atoms with van der Waals surface area (Å²) in [6.07, 6.45) is 0.867. The van der Waals surface area contributed by atoms with Crippen molar-refractivity contribution in [2.24, 2.45) is 5.92 Å². The summed E-state index contributed by atoms with van der Waals surface area (Å²) in [5.74, 6) is -0.333. The molecule has 0 unspecified atom stereocenters. The Balaban J connectivity index is 3.61. The van der Waals surface area contributed by atoms with Crippen molar-refractivity contribution in [1.82, 2.24) is 0 Å². The highest BCUT2D eigenvalue weighted by molar-refractivity contribution is 5.72. The average Bonchev–Trinajstić information content (AvgIpc) is 1.87. The molecule has 66 valence electrons. The molecule has 0 amide bonds. The van der Waals surface area contributed by atoms with E-state index in [-0.39, 0.29) is 0 Å². The fourth-order valence-corrected chi connectivity index (χ4v) is 0.827. The lowest BCUT2D eigenvalue weighted by Crippen LogP contribution is -2.22. The zero-order chi connectivity index (χ0) is 8.85. The Morgan fingerprint density at radius 2 is 2.00 bits per heavy atom. The van der Waals surface area contributed by atoms with Crippen LogP contribution in [0.2, 0.25) is 0 Å². The second kappa shape index (κ2) is 5.13.